The Bertz CT molecular complexity index is 1320. The predicted octanol–water partition coefficient (Wildman–Crippen LogP) is 4.69. The third-order valence-electron chi connectivity index (χ3n) is 6.15. The molecule has 37 heavy (non-hydrogen) atoms. The van der Waals surface area contributed by atoms with E-state index in [-0.39, 0.29) is 22.6 Å². The van der Waals surface area contributed by atoms with Crippen molar-refractivity contribution in [2.24, 2.45) is 0 Å². The fourth-order valence-corrected chi connectivity index (χ4v) is 5.18. The molecule has 1 aromatic carbocycles. The van der Waals surface area contributed by atoms with E-state index in [1.807, 2.05) is 19.9 Å². The van der Waals surface area contributed by atoms with Crippen LogP contribution in [0.2, 0.25) is 0 Å². The van der Waals surface area contributed by atoms with Crippen molar-refractivity contribution >= 4 is 15.8 Å². The number of nitrogens with one attached hydrogen (secondary N) is 1. The number of hydrogen-bond acceptors (Lipinski definition) is 7. The van der Waals surface area contributed by atoms with E-state index in [0.717, 1.165) is 48.2 Å². The molecule has 3 heterocycles. The highest BCUT2D eigenvalue weighted by atomic mass is 32.2. The van der Waals surface area contributed by atoms with Gasteiger partial charge in [-0.3, -0.25) is 14.6 Å². The number of sulfonamides is 1. The lowest BCUT2D eigenvalue weighted by Gasteiger charge is -2.34. The Hall–Kier alpha value is -3.25. The van der Waals surface area contributed by atoms with E-state index in [9.17, 15) is 21.6 Å². The minimum atomic E-state index is -4.43. The number of halogens is 3. The molecule has 12 heteroatoms. The predicted molar refractivity (Wildman–Crippen MR) is 132 cm³/mol. The number of ether oxygens (including phenoxy) is 1. The Kier molecular flexibility index (Phi) is 7.98. The van der Waals surface area contributed by atoms with Crippen LogP contribution in [-0.4, -0.2) is 47.6 Å². The van der Waals surface area contributed by atoms with E-state index < -0.39 is 22.8 Å². The largest absolute Gasteiger partial charge is 0.468 e. The maximum absolute atomic E-state index is 13.0. The zero-order chi connectivity index (χ0) is 26.6. The van der Waals surface area contributed by atoms with Gasteiger partial charge < -0.3 is 4.74 Å². The molecule has 1 aliphatic heterocycles. The van der Waals surface area contributed by atoms with Gasteiger partial charge in [-0.2, -0.15) is 13.2 Å². The van der Waals surface area contributed by atoms with Crippen LogP contribution in [0.25, 0.3) is 0 Å². The Morgan fingerprint density at radius 1 is 1.08 bits per heavy atom. The Morgan fingerprint density at radius 3 is 2.54 bits per heavy atom. The summed E-state index contributed by atoms with van der Waals surface area (Å²) in [4.78, 5) is 14.7. The van der Waals surface area contributed by atoms with Crippen molar-refractivity contribution in [1.29, 1.82) is 0 Å². The van der Waals surface area contributed by atoms with Gasteiger partial charge in [0, 0.05) is 31.4 Å². The monoisotopic (exact) mass is 535 g/mol. The Balaban J connectivity index is 1.44. The van der Waals surface area contributed by atoms with Crippen molar-refractivity contribution in [1.82, 2.24) is 19.9 Å². The van der Waals surface area contributed by atoms with E-state index in [4.69, 9.17) is 0 Å². The van der Waals surface area contributed by atoms with Crippen molar-refractivity contribution in [2.75, 3.05) is 17.9 Å². The van der Waals surface area contributed by atoms with Crippen molar-refractivity contribution in [3.05, 3.63) is 71.3 Å². The van der Waals surface area contributed by atoms with Gasteiger partial charge in [0.25, 0.3) is 10.0 Å². The van der Waals surface area contributed by atoms with Crippen LogP contribution in [0, 0.1) is 0 Å². The highest BCUT2D eigenvalue weighted by Crippen LogP contribution is 2.30. The molecule has 8 nitrogen and oxygen atoms in total. The van der Waals surface area contributed by atoms with Crippen LogP contribution in [-0.2, 0) is 29.4 Å². The minimum absolute atomic E-state index is 0.0902. The standard InChI is InChI=1S/C25H28F3N5O3S/c1-3-4-21-13-30-23(14-29-21)32-37(34,35)22-7-5-18-9-10-33(15-20(18)11-22)17(2)19-6-8-24(31-12-19)36-16-25(26,27)28/h5-8,11-14,17H,3-4,9-10,15-16H2,1-2H3,(H,30,32)/t17-/m1/s1. The SMILES string of the molecule is CCCc1cnc(NS(=O)(=O)c2ccc3c(c2)CN([C@H](C)c2ccc(OCC(F)(F)F)nc2)CC3)cn1. The molecule has 0 saturated heterocycles. The molecule has 0 saturated carbocycles. The number of anilines is 1. The second kappa shape index (κ2) is 11.0. The third-order valence-corrected chi connectivity index (χ3v) is 7.51. The number of aromatic nitrogens is 3. The molecule has 1 N–H and O–H groups in total. The number of alkyl halides is 3. The van der Waals surface area contributed by atoms with Crippen molar-refractivity contribution in [3.8, 4) is 5.88 Å². The molecule has 1 aliphatic rings. The van der Waals surface area contributed by atoms with Crippen LogP contribution in [0.1, 0.15) is 48.7 Å². The number of nitrogens with zero attached hydrogens (tertiary/aromatic N) is 4. The first-order chi connectivity index (χ1) is 17.5. The minimum Gasteiger partial charge on any atom is -0.468 e. The van der Waals surface area contributed by atoms with E-state index >= 15 is 0 Å². The highest BCUT2D eigenvalue weighted by Gasteiger charge is 2.29. The molecular formula is C25H28F3N5O3S. The molecule has 0 amide bonds. The zero-order valence-corrected chi connectivity index (χ0v) is 21.3. The third kappa shape index (κ3) is 6.95. The molecular weight excluding hydrogens is 507 g/mol. The topological polar surface area (TPSA) is 97.3 Å². The fraction of sp³-hybridized carbons (Fsp3) is 0.400. The van der Waals surface area contributed by atoms with E-state index in [2.05, 4.69) is 29.3 Å². The van der Waals surface area contributed by atoms with E-state index in [1.165, 1.54) is 18.5 Å². The van der Waals surface area contributed by atoms with Crippen molar-refractivity contribution < 1.29 is 26.3 Å². The van der Waals surface area contributed by atoms with Gasteiger partial charge in [0.05, 0.1) is 23.0 Å². The fourth-order valence-electron chi connectivity index (χ4n) is 4.13. The summed E-state index contributed by atoms with van der Waals surface area (Å²) in [5, 5.41) is 0. The second-order valence-corrected chi connectivity index (χ2v) is 10.6. The van der Waals surface area contributed by atoms with Gasteiger partial charge in [0.2, 0.25) is 5.88 Å². The van der Waals surface area contributed by atoms with Crippen LogP contribution >= 0.6 is 0 Å². The number of pyridine rings is 1. The van der Waals surface area contributed by atoms with Crippen molar-refractivity contribution in [2.45, 2.75) is 56.8 Å². The molecule has 0 aliphatic carbocycles. The summed E-state index contributed by atoms with van der Waals surface area (Å²) in [7, 11) is -3.86. The van der Waals surface area contributed by atoms with Gasteiger partial charge in [0.1, 0.15) is 0 Å². The maximum atomic E-state index is 13.0. The van der Waals surface area contributed by atoms with Crippen LogP contribution in [0.3, 0.4) is 0 Å². The van der Waals surface area contributed by atoms with Gasteiger partial charge >= 0.3 is 6.18 Å². The molecule has 1 atom stereocenters. The summed E-state index contributed by atoms with van der Waals surface area (Å²) in [6, 6.07) is 8.11. The summed E-state index contributed by atoms with van der Waals surface area (Å²) in [6.45, 7) is 3.86. The zero-order valence-electron chi connectivity index (χ0n) is 20.5. The molecule has 0 fully saturated rings. The summed E-state index contributed by atoms with van der Waals surface area (Å²) in [5.41, 5.74) is 3.58. The van der Waals surface area contributed by atoms with Gasteiger partial charge in [-0.05, 0) is 48.6 Å². The lowest BCUT2D eigenvalue weighted by atomic mass is 9.97. The summed E-state index contributed by atoms with van der Waals surface area (Å²) < 4.78 is 70.2. The molecule has 2 aromatic heterocycles. The molecule has 0 bridgehead atoms. The maximum Gasteiger partial charge on any atom is 0.422 e. The molecule has 0 radical (unpaired) electrons. The second-order valence-electron chi connectivity index (χ2n) is 8.91. The first-order valence-electron chi connectivity index (χ1n) is 11.9. The molecule has 4 rings (SSSR count). The van der Waals surface area contributed by atoms with Crippen LogP contribution < -0.4 is 9.46 Å². The lowest BCUT2D eigenvalue weighted by Crippen LogP contribution is -2.33. The van der Waals surface area contributed by atoms with Crippen LogP contribution in [0.15, 0.2) is 53.8 Å². The van der Waals surface area contributed by atoms with Gasteiger partial charge in [-0.25, -0.2) is 18.4 Å². The normalized spacial score (nSPS) is 15.2. The van der Waals surface area contributed by atoms with Crippen molar-refractivity contribution in [3.63, 3.8) is 0 Å². The van der Waals surface area contributed by atoms with Gasteiger partial charge in [-0.1, -0.05) is 25.5 Å². The summed E-state index contributed by atoms with van der Waals surface area (Å²) in [6.07, 6.45) is 2.48. The average Bonchev–Trinajstić information content (AvgIpc) is 2.87. The molecule has 198 valence electrons. The summed E-state index contributed by atoms with van der Waals surface area (Å²) in [5.74, 6) is 0.0623. The molecule has 0 spiro atoms. The lowest BCUT2D eigenvalue weighted by molar-refractivity contribution is -0.154. The Morgan fingerprint density at radius 2 is 1.89 bits per heavy atom. The molecule has 0 unspecified atom stereocenters. The van der Waals surface area contributed by atoms with E-state index in [0.29, 0.717) is 6.54 Å². The molecule has 3 aromatic rings. The smallest absolute Gasteiger partial charge is 0.422 e. The summed E-state index contributed by atoms with van der Waals surface area (Å²) >= 11 is 0. The number of rotatable bonds is 9. The average molecular weight is 536 g/mol. The van der Waals surface area contributed by atoms with Crippen LogP contribution in [0.5, 0.6) is 5.88 Å². The number of benzene rings is 1. The number of fused-ring (bicyclic) bond motifs is 1. The van der Waals surface area contributed by atoms with Gasteiger partial charge in [-0.15, -0.1) is 0 Å². The highest BCUT2D eigenvalue weighted by molar-refractivity contribution is 7.92. The quantitative estimate of drug-likeness (QED) is 0.425. The number of hydrogen-bond donors (Lipinski definition) is 1. The number of aryl methyl sites for hydroxylation is 1. The first kappa shape index (κ1) is 26.8. The van der Waals surface area contributed by atoms with Crippen LogP contribution in [0.4, 0.5) is 19.0 Å². The van der Waals surface area contributed by atoms with Gasteiger partial charge in [0.15, 0.2) is 12.4 Å². The first-order valence-corrected chi connectivity index (χ1v) is 13.4. The van der Waals surface area contributed by atoms with E-state index in [1.54, 1.807) is 24.4 Å². The Labute approximate surface area is 214 Å².